The first kappa shape index (κ1) is 12.8. The molecular weight excluding hydrogens is 294 g/mol. The van der Waals surface area contributed by atoms with Crippen LogP contribution in [0.25, 0.3) is 11.1 Å². The molecule has 2 aromatic rings. The molecule has 0 fully saturated rings. The Morgan fingerprint density at radius 3 is 2.44 bits per heavy atom. The van der Waals surface area contributed by atoms with E-state index < -0.39 is 11.9 Å². The lowest BCUT2D eigenvalue weighted by Gasteiger charge is -2.08. The molecule has 1 heterocycles. The number of rotatable bonds is 3. The molecule has 92 valence electrons. The van der Waals surface area contributed by atoms with Gasteiger partial charge in [0.05, 0.1) is 5.92 Å². The molecule has 3 nitrogen and oxygen atoms in total. The highest BCUT2D eigenvalue weighted by Crippen LogP contribution is 2.24. The van der Waals surface area contributed by atoms with Gasteiger partial charge in [-0.3, -0.25) is 9.78 Å². The van der Waals surface area contributed by atoms with Crippen molar-refractivity contribution in [3.8, 4) is 11.1 Å². The number of hydrogen-bond acceptors (Lipinski definition) is 2. The molecule has 1 aromatic heterocycles. The highest BCUT2D eigenvalue weighted by Gasteiger charge is 2.13. The lowest BCUT2D eigenvalue weighted by molar-refractivity contribution is -0.138. The first-order chi connectivity index (χ1) is 8.58. The van der Waals surface area contributed by atoms with Crippen LogP contribution in [0.15, 0.2) is 47.2 Å². The molecule has 0 saturated heterocycles. The molecular formula is C14H12BrNO2. The molecule has 0 amide bonds. The van der Waals surface area contributed by atoms with E-state index in [1.54, 1.807) is 19.3 Å². The van der Waals surface area contributed by atoms with Crippen LogP contribution in [0.5, 0.6) is 0 Å². The monoisotopic (exact) mass is 305 g/mol. The summed E-state index contributed by atoms with van der Waals surface area (Å²) in [4.78, 5) is 15.0. The Bertz CT molecular complexity index is 566. The van der Waals surface area contributed by atoms with Crippen LogP contribution in [-0.4, -0.2) is 16.1 Å². The Morgan fingerprint density at radius 2 is 1.89 bits per heavy atom. The van der Waals surface area contributed by atoms with Gasteiger partial charge in [0, 0.05) is 22.4 Å². The zero-order chi connectivity index (χ0) is 13.1. The molecule has 0 radical (unpaired) electrons. The number of carbonyl (C=O) groups is 1. The third kappa shape index (κ3) is 2.76. The van der Waals surface area contributed by atoms with Gasteiger partial charge in [0.1, 0.15) is 0 Å². The minimum Gasteiger partial charge on any atom is -0.481 e. The van der Waals surface area contributed by atoms with Crippen molar-refractivity contribution in [2.45, 2.75) is 12.8 Å². The van der Waals surface area contributed by atoms with Crippen molar-refractivity contribution in [3.63, 3.8) is 0 Å². The predicted molar refractivity (Wildman–Crippen MR) is 73.4 cm³/mol. The lowest BCUT2D eigenvalue weighted by atomic mass is 9.98. The van der Waals surface area contributed by atoms with E-state index >= 15 is 0 Å². The van der Waals surface area contributed by atoms with Crippen LogP contribution >= 0.6 is 15.9 Å². The fraction of sp³-hybridized carbons (Fsp3) is 0.143. The van der Waals surface area contributed by atoms with Gasteiger partial charge in [-0.2, -0.15) is 0 Å². The lowest BCUT2D eigenvalue weighted by Crippen LogP contribution is -2.06. The topological polar surface area (TPSA) is 50.2 Å². The highest BCUT2D eigenvalue weighted by molar-refractivity contribution is 9.10. The van der Waals surface area contributed by atoms with Gasteiger partial charge in [-0.15, -0.1) is 0 Å². The molecule has 1 aromatic carbocycles. The number of benzene rings is 1. The molecule has 4 heteroatoms. The van der Waals surface area contributed by atoms with Gasteiger partial charge in [0.2, 0.25) is 0 Å². The molecule has 2 rings (SSSR count). The van der Waals surface area contributed by atoms with E-state index in [4.69, 9.17) is 5.11 Å². The second kappa shape index (κ2) is 5.31. The van der Waals surface area contributed by atoms with Crippen molar-refractivity contribution >= 4 is 21.9 Å². The summed E-state index contributed by atoms with van der Waals surface area (Å²) >= 11 is 3.38. The Morgan fingerprint density at radius 1 is 1.22 bits per heavy atom. The molecule has 18 heavy (non-hydrogen) atoms. The van der Waals surface area contributed by atoms with E-state index in [2.05, 4.69) is 20.9 Å². The van der Waals surface area contributed by atoms with Crippen molar-refractivity contribution in [1.82, 2.24) is 4.98 Å². The van der Waals surface area contributed by atoms with Gasteiger partial charge < -0.3 is 5.11 Å². The predicted octanol–water partition coefficient (Wildman–Crippen LogP) is 3.70. The van der Waals surface area contributed by atoms with Crippen LogP contribution < -0.4 is 0 Å². The molecule has 0 spiro atoms. The van der Waals surface area contributed by atoms with E-state index in [1.807, 2.05) is 30.3 Å². The quantitative estimate of drug-likeness (QED) is 0.940. The summed E-state index contributed by atoms with van der Waals surface area (Å²) < 4.78 is 0.919. The number of nitrogens with zero attached hydrogens (tertiary/aromatic N) is 1. The van der Waals surface area contributed by atoms with E-state index in [0.717, 1.165) is 21.2 Å². The first-order valence-electron chi connectivity index (χ1n) is 5.51. The summed E-state index contributed by atoms with van der Waals surface area (Å²) in [5, 5.41) is 8.94. The Kier molecular flexibility index (Phi) is 3.77. The van der Waals surface area contributed by atoms with Crippen molar-refractivity contribution in [1.29, 1.82) is 0 Å². The second-order valence-corrected chi connectivity index (χ2v) is 4.99. The van der Waals surface area contributed by atoms with Gasteiger partial charge in [0.25, 0.3) is 0 Å². The standard InChI is InChI=1S/C14H12BrNO2/c1-9(14(17)18)10-2-4-11(5-3-10)12-6-13(15)8-16-7-12/h2-9H,1H3,(H,17,18). The SMILES string of the molecule is CC(C(=O)O)c1ccc(-c2cncc(Br)c2)cc1. The maximum Gasteiger partial charge on any atom is 0.310 e. The van der Waals surface area contributed by atoms with Crippen LogP contribution in [0.3, 0.4) is 0 Å². The molecule has 1 N–H and O–H groups in total. The fourth-order valence-corrected chi connectivity index (χ4v) is 2.04. The molecule has 1 atom stereocenters. The second-order valence-electron chi connectivity index (χ2n) is 4.07. The Balaban J connectivity index is 2.30. The number of carboxylic acid groups (broad SMARTS) is 1. The fourth-order valence-electron chi connectivity index (χ4n) is 1.68. The van der Waals surface area contributed by atoms with Crippen LogP contribution in [0.1, 0.15) is 18.4 Å². The molecule has 0 saturated carbocycles. The van der Waals surface area contributed by atoms with Gasteiger partial charge in [-0.05, 0) is 40.0 Å². The summed E-state index contributed by atoms with van der Waals surface area (Å²) in [6, 6.07) is 9.49. The van der Waals surface area contributed by atoms with Crippen molar-refractivity contribution < 1.29 is 9.90 Å². The largest absolute Gasteiger partial charge is 0.481 e. The summed E-state index contributed by atoms with van der Waals surface area (Å²) in [7, 11) is 0. The van der Waals surface area contributed by atoms with E-state index in [1.165, 1.54) is 0 Å². The molecule has 0 aliphatic carbocycles. The number of hydrogen-bond donors (Lipinski definition) is 1. The van der Waals surface area contributed by atoms with Crippen LogP contribution in [0, 0.1) is 0 Å². The smallest absolute Gasteiger partial charge is 0.310 e. The average Bonchev–Trinajstić information content (AvgIpc) is 2.38. The Labute approximate surface area is 114 Å². The summed E-state index contributed by atoms with van der Waals surface area (Å²) in [5.74, 6) is -1.30. The third-order valence-corrected chi connectivity index (χ3v) is 3.25. The van der Waals surface area contributed by atoms with Gasteiger partial charge in [-0.1, -0.05) is 24.3 Å². The number of aromatic nitrogens is 1. The van der Waals surface area contributed by atoms with Crippen molar-refractivity contribution in [3.05, 3.63) is 52.8 Å². The number of carboxylic acids is 1. The van der Waals surface area contributed by atoms with Crippen molar-refractivity contribution in [2.75, 3.05) is 0 Å². The van der Waals surface area contributed by atoms with Crippen LogP contribution in [0.2, 0.25) is 0 Å². The maximum atomic E-state index is 10.9. The molecule has 0 aliphatic rings. The summed E-state index contributed by atoms with van der Waals surface area (Å²) in [6.45, 7) is 1.68. The van der Waals surface area contributed by atoms with Gasteiger partial charge in [-0.25, -0.2) is 0 Å². The van der Waals surface area contributed by atoms with E-state index in [-0.39, 0.29) is 0 Å². The Hall–Kier alpha value is -1.68. The van der Waals surface area contributed by atoms with E-state index in [0.29, 0.717) is 0 Å². The number of halogens is 1. The minimum atomic E-state index is -0.813. The highest BCUT2D eigenvalue weighted by atomic mass is 79.9. The molecule has 1 unspecified atom stereocenters. The normalized spacial score (nSPS) is 12.1. The third-order valence-electron chi connectivity index (χ3n) is 2.82. The summed E-state index contributed by atoms with van der Waals surface area (Å²) in [6.07, 6.45) is 3.50. The molecule has 0 bridgehead atoms. The molecule has 0 aliphatic heterocycles. The number of aliphatic carboxylic acids is 1. The minimum absolute atomic E-state index is 0.486. The maximum absolute atomic E-state index is 10.9. The van der Waals surface area contributed by atoms with Crippen LogP contribution in [-0.2, 0) is 4.79 Å². The first-order valence-corrected chi connectivity index (χ1v) is 6.31. The van der Waals surface area contributed by atoms with E-state index in [9.17, 15) is 4.79 Å². The van der Waals surface area contributed by atoms with Gasteiger partial charge in [0.15, 0.2) is 0 Å². The average molecular weight is 306 g/mol. The van der Waals surface area contributed by atoms with Crippen LogP contribution in [0.4, 0.5) is 0 Å². The zero-order valence-corrected chi connectivity index (χ0v) is 11.4. The summed E-state index contributed by atoms with van der Waals surface area (Å²) in [5.41, 5.74) is 2.82. The number of pyridine rings is 1. The van der Waals surface area contributed by atoms with Gasteiger partial charge >= 0.3 is 5.97 Å². The zero-order valence-electron chi connectivity index (χ0n) is 9.80. The van der Waals surface area contributed by atoms with Crippen molar-refractivity contribution in [2.24, 2.45) is 0 Å².